The molecule has 1 aromatic heterocycles. The summed E-state index contributed by atoms with van der Waals surface area (Å²) < 4.78 is 10.0. The Hall–Kier alpha value is -0.940. The van der Waals surface area contributed by atoms with Gasteiger partial charge in [0.15, 0.2) is 5.82 Å². The number of aromatic nitrogens is 2. The predicted molar refractivity (Wildman–Crippen MR) is 54.6 cm³/mol. The van der Waals surface area contributed by atoms with Gasteiger partial charge in [0.25, 0.3) is 0 Å². The van der Waals surface area contributed by atoms with Crippen LogP contribution in [0.15, 0.2) is 4.52 Å². The summed E-state index contributed by atoms with van der Waals surface area (Å²) in [6.45, 7) is 1.57. The second kappa shape index (κ2) is 5.23. The minimum atomic E-state index is 0.638. The molecule has 5 nitrogen and oxygen atoms in total. The number of hydrogen-bond acceptors (Lipinski definition) is 5. The zero-order chi connectivity index (χ0) is 10.5. The minimum absolute atomic E-state index is 0.638. The summed E-state index contributed by atoms with van der Waals surface area (Å²) in [5, 5.41) is 7.28. The van der Waals surface area contributed by atoms with Crippen molar-refractivity contribution in [3.8, 4) is 0 Å². The molecule has 0 amide bonds. The molecule has 0 atom stereocenters. The number of nitrogens with zero attached hydrogens (tertiary/aromatic N) is 2. The van der Waals surface area contributed by atoms with Crippen molar-refractivity contribution in [2.24, 2.45) is 0 Å². The van der Waals surface area contributed by atoms with Gasteiger partial charge in [-0.2, -0.15) is 4.98 Å². The van der Waals surface area contributed by atoms with Gasteiger partial charge in [0, 0.05) is 32.5 Å². The molecular formula is C10H17N3O2. The maximum absolute atomic E-state index is 5.11. The van der Waals surface area contributed by atoms with Crippen molar-refractivity contribution in [3.63, 3.8) is 0 Å². The highest BCUT2D eigenvalue weighted by atomic mass is 16.5. The second-order valence-electron chi connectivity index (χ2n) is 3.83. The van der Waals surface area contributed by atoms with E-state index in [9.17, 15) is 0 Å². The first-order valence-electron chi connectivity index (χ1n) is 5.42. The zero-order valence-electron chi connectivity index (χ0n) is 9.03. The quantitative estimate of drug-likeness (QED) is 0.713. The Bertz CT molecular complexity index is 297. The molecule has 1 fully saturated rings. The van der Waals surface area contributed by atoms with E-state index in [-0.39, 0.29) is 0 Å². The smallest absolute Gasteiger partial charge is 0.227 e. The van der Waals surface area contributed by atoms with Gasteiger partial charge in [0.1, 0.15) is 0 Å². The van der Waals surface area contributed by atoms with E-state index in [1.165, 1.54) is 12.8 Å². The van der Waals surface area contributed by atoms with Gasteiger partial charge in [-0.05, 0) is 12.8 Å². The maximum atomic E-state index is 5.11. The molecule has 0 aliphatic heterocycles. The highest BCUT2D eigenvalue weighted by molar-refractivity contribution is 4.88. The summed E-state index contributed by atoms with van der Waals surface area (Å²) in [5.74, 6) is 1.45. The first-order valence-corrected chi connectivity index (χ1v) is 5.42. The molecule has 1 aliphatic rings. The Balaban J connectivity index is 1.68. The summed E-state index contributed by atoms with van der Waals surface area (Å²) in [6, 6.07) is 0.737. The number of hydrogen-bond donors (Lipinski definition) is 1. The fraction of sp³-hybridized carbons (Fsp3) is 0.800. The van der Waals surface area contributed by atoms with Crippen molar-refractivity contribution in [1.82, 2.24) is 15.5 Å². The van der Waals surface area contributed by atoms with E-state index < -0.39 is 0 Å². The molecule has 0 unspecified atom stereocenters. The third-order valence-corrected chi connectivity index (χ3v) is 2.39. The van der Waals surface area contributed by atoms with Crippen molar-refractivity contribution in [2.45, 2.75) is 31.7 Å². The third-order valence-electron chi connectivity index (χ3n) is 2.39. The number of methoxy groups -OCH3 is 1. The first kappa shape index (κ1) is 10.6. The van der Waals surface area contributed by atoms with Gasteiger partial charge < -0.3 is 14.6 Å². The predicted octanol–water partition coefficient (Wildman–Crippen LogP) is 0.553. The standard InChI is InChI=1S/C10H17N3O2/c1-14-7-5-9-12-10(15-13-9)4-6-11-8-2-3-8/h8,11H,2-7H2,1H3. The van der Waals surface area contributed by atoms with Crippen LogP contribution >= 0.6 is 0 Å². The van der Waals surface area contributed by atoms with Crippen molar-refractivity contribution < 1.29 is 9.26 Å². The van der Waals surface area contributed by atoms with Crippen LogP contribution in [0.2, 0.25) is 0 Å². The number of rotatable bonds is 7. The van der Waals surface area contributed by atoms with Crippen molar-refractivity contribution in [3.05, 3.63) is 11.7 Å². The van der Waals surface area contributed by atoms with Crippen molar-refractivity contribution in [1.29, 1.82) is 0 Å². The lowest BCUT2D eigenvalue weighted by Gasteiger charge is -1.97. The van der Waals surface area contributed by atoms with Crippen LogP contribution in [0.4, 0.5) is 0 Å². The minimum Gasteiger partial charge on any atom is -0.384 e. The summed E-state index contributed by atoms with van der Waals surface area (Å²) in [4.78, 5) is 4.27. The van der Waals surface area contributed by atoms with E-state index in [4.69, 9.17) is 9.26 Å². The van der Waals surface area contributed by atoms with Crippen LogP contribution in [0, 0.1) is 0 Å². The molecule has 0 spiro atoms. The second-order valence-corrected chi connectivity index (χ2v) is 3.83. The van der Waals surface area contributed by atoms with Crippen LogP contribution in [-0.2, 0) is 17.6 Å². The molecule has 84 valence electrons. The van der Waals surface area contributed by atoms with E-state index in [1.807, 2.05) is 0 Å². The van der Waals surface area contributed by atoms with Crippen LogP contribution in [-0.4, -0.2) is 36.4 Å². The summed E-state index contributed by atoms with van der Waals surface area (Å²) >= 11 is 0. The SMILES string of the molecule is COCCc1noc(CCNC2CC2)n1. The molecule has 2 rings (SSSR count). The monoisotopic (exact) mass is 211 g/mol. The average molecular weight is 211 g/mol. The van der Waals surface area contributed by atoms with Crippen LogP contribution in [0.1, 0.15) is 24.6 Å². The molecule has 1 aromatic rings. The molecule has 0 aromatic carbocycles. The molecule has 5 heteroatoms. The Kier molecular flexibility index (Phi) is 3.69. The van der Waals surface area contributed by atoms with Crippen LogP contribution < -0.4 is 5.32 Å². The lowest BCUT2D eigenvalue weighted by molar-refractivity contribution is 0.199. The van der Waals surface area contributed by atoms with Crippen LogP contribution in [0.25, 0.3) is 0 Å². The topological polar surface area (TPSA) is 60.2 Å². The highest BCUT2D eigenvalue weighted by Gasteiger charge is 2.20. The molecule has 0 bridgehead atoms. The molecule has 0 radical (unpaired) electrons. The van der Waals surface area contributed by atoms with Gasteiger partial charge in [-0.1, -0.05) is 5.16 Å². The van der Waals surface area contributed by atoms with Gasteiger partial charge in [0.05, 0.1) is 6.61 Å². The summed E-state index contributed by atoms with van der Waals surface area (Å²) in [6.07, 6.45) is 4.15. The van der Waals surface area contributed by atoms with E-state index >= 15 is 0 Å². The Morgan fingerprint density at radius 3 is 3.07 bits per heavy atom. The Labute approximate surface area is 89.2 Å². The van der Waals surface area contributed by atoms with Gasteiger partial charge in [0.2, 0.25) is 5.89 Å². The Morgan fingerprint density at radius 2 is 2.33 bits per heavy atom. The van der Waals surface area contributed by atoms with Gasteiger partial charge >= 0.3 is 0 Å². The fourth-order valence-corrected chi connectivity index (χ4v) is 1.36. The molecule has 1 saturated carbocycles. The third kappa shape index (κ3) is 3.60. The molecule has 1 aliphatic carbocycles. The molecule has 1 heterocycles. The lowest BCUT2D eigenvalue weighted by atomic mass is 10.4. The van der Waals surface area contributed by atoms with Crippen LogP contribution in [0.5, 0.6) is 0 Å². The van der Waals surface area contributed by atoms with E-state index in [1.54, 1.807) is 7.11 Å². The zero-order valence-corrected chi connectivity index (χ0v) is 9.03. The highest BCUT2D eigenvalue weighted by Crippen LogP contribution is 2.18. The molecule has 15 heavy (non-hydrogen) atoms. The summed E-state index contributed by atoms with van der Waals surface area (Å²) in [7, 11) is 1.67. The van der Waals surface area contributed by atoms with Crippen LogP contribution in [0.3, 0.4) is 0 Å². The van der Waals surface area contributed by atoms with E-state index in [0.29, 0.717) is 12.5 Å². The molecular weight excluding hydrogens is 194 g/mol. The Morgan fingerprint density at radius 1 is 1.47 bits per heavy atom. The van der Waals surface area contributed by atoms with Gasteiger partial charge in [-0.15, -0.1) is 0 Å². The van der Waals surface area contributed by atoms with Gasteiger partial charge in [-0.3, -0.25) is 0 Å². The normalized spacial score (nSPS) is 15.8. The molecule has 0 saturated heterocycles. The first-order chi connectivity index (χ1) is 7.38. The van der Waals surface area contributed by atoms with Gasteiger partial charge in [-0.25, -0.2) is 0 Å². The maximum Gasteiger partial charge on any atom is 0.227 e. The number of ether oxygens (including phenoxy) is 1. The van der Waals surface area contributed by atoms with Crippen molar-refractivity contribution >= 4 is 0 Å². The number of nitrogens with one attached hydrogen (secondary N) is 1. The molecule has 1 N–H and O–H groups in total. The summed E-state index contributed by atoms with van der Waals surface area (Å²) in [5.41, 5.74) is 0. The average Bonchev–Trinajstić information content (AvgIpc) is 2.95. The largest absolute Gasteiger partial charge is 0.384 e. The van der Waals surface area contributed by atoms with E-state index in [0.717, 1.165) is 31.3 Å². The fourth-order valence-electron chi connectivity index (χ4n) is 1.36. The van der Waals surface area contributed by atoms with E-state index in [2.05, 4.69) is 15.5 Å². The lowest BCUT2D eigenvalue weighted by Crippen LogP contribution is -2.19. The van der Waals surface area contributed by atoms with Crippen molar-refractivity contribution in [2.75, 3.05) is 20.3 Å².